The first kappa shape index (κ1) is 12.3. The lowest BCUT2D eigenvalue weighted by Crippen LogP contribution is -2.32. The normalized spacial score (nSPS) is 11.8. The van der Waals surface area contributed by atoms with Gasteiger partial charge in [-0.05, 0) is 24.3 Å². The van der Waals surface area contributed by atoms with Gasteiger partial charge in [0.25, 0.3) is 7.64 Å². The van der Waals surface area contributed by atoms with Crippen molar-refractivity contribution in [2.24, 2.45) is 0 Å². The van der Waals surface area contributed by atoms with E-state index >= 15 is 0 Å². The third-order valence-electron chi connectivity index (χ3n) is 2.81. The molecular weight excluding hydrogens is 229 g/mol. The fourth-order valence-electron chi connectivity index (χ4n) is 1.88. The van der Waals surface area contributed by atoms with E-state index < -0.39 is 7.64 Å². The molecule has 3 heteroatoms. The second-order valence-corrected chi connectivity index (χ2v) is 7.15. The molecule has 0 atom stereocenters. The monoisotopic (exact) mass is 246 g/mol. The topological polar surface area (TPSA) is 23.5 Å². The van der Waals surface area contributed by atoms with Crippen LogP contribution in [-0.2, 0) is 0 Å². The Morgan fingerprint density at radius 1 is 0.765 bits per heavy atom. The maximum absolute atomic E-state index is 11.1. The summed E-state index contributed by atoms with van der Waals surface area (Å²) in [5, 5.41) is 1.97. The van der Waals surface area contributed by atoms with Gasteiger partial charge < -0.3 is 0 Å². The Balaban J connectivity index is 2.55. The average Bonchev–Trinajstić information content (AvgIpc) is 2.39. The van der Waals surface area contributed by atoms with Gasteiger partial charge >= 0.3 is 0 Å². The maximum Gasteiger partial charge on any atom is 0.277 e. The fourth-order valence-corrected chi connectivity index (χ4v) is 4.28. The molecule has 0 heterocycles. The van der Waals surface area contributed by atoms with Crippen molar-refractivity contribution < 1.29 is 4.89 Å². The lowest BCUT2D eigenvalue weighted by atomic mass is 10.4. The molecule has 2 aromatic carbocycles. The van der Waals surface area contributed by atoms with Crippen LogP contribution < -0.4 is 10.6 Å². The number of benzene rings is 2. The Hall–Kier alpha value is -1.21. The zero-order chi connectivity index (χ0) is 12.3. The molecule has 2 rings (SSSR count). The van der Waals surface area contributed by atoms with Crippen molar-refractivity contribution in [1.29, 1.82) is 0 Å². The highest BCUT2D eigenvalue weighted by atomic mass is 31.2. The van der Waals surface area contributed by atoms with Gasteiger partial charge in [0.15, 0.2) is 0 Å². The molecule has 1 N–H and O–H groups in total. The van der Waals surface area contributed by atoms with Gasteiger partial charge in [-0.1, -0.05) is 36.4 Å². The fraction of sp³-hybridized carbons (Fsp3) is 0.143. The van der Waals surface area contributed by atoms with E-state index in [0.29, 0.717) is 0 Å². The van der Waals surface area contributed by atoms with E-state index in [1.54, 1.807) is 0 Å². The predicted molar refractivity (Wildman–Crippen MR) is 75.0 cm³/mol. The molecule has 17 heavy (non-hydrogen) atoms. The Labute approximate surface area is 103 Å². The average molecular weight is 246 g/mol. The van der Waals surface area contributed by atoms with Gasteiger partial charge in [-0.15, -0.1) is 0 Å². The molecule has 0 aliphatic carbocycles. The van der Waals surface area contributed by atoms with Crippen molar-refractivity contribution in [1.82, 2.24) is 4.67 Å². The first-order valence-electron chi connectivity index (χ1n) is 5.56. The number of nitrogens with zero attached hydrogens (tertiary/aromatic N) is 1. The molecule has 0 spiro atoms. The summed E-state index contributed by atoms with van der Waals surface area (Å²) in [6.45, 7) is 0. The lowest BCUT2D eigenvalue weighted by molar-refractivity contribution is 0.524. The molecule has 0 bridgehead atoms. The molecular formula is C14H17NOP+. The van der Waals surface area contributed by atoms with Crippen molar-refractivity contribution in [3.63, 3.8) is 0 Å². The van der Waals surface area contributed by atoms with Gasteiger partial charge in [0.2, 0.25) is 0 Å². The van der Waals surface area contributed by atoms with Gasteiger partial charge in [0.1, 0.15) is 10.6 Å². The molecule has 0 radical (unpaired) electrons. The Morgan fingerprint density at radius 2 is 1.12 bits per heavy atom. The standard InChI is InChI=1S/C14H17NOP/c1-15(2)17(16,13-9-5-3-6-10-13)14-11-7-4-8-12-14/h3-12,16H,1-2H3/q+1. The van der Waals surface area contributed by atoms with Crippen LogP contribution in [0.2, 0.25) is 0 Å². The molecule has 0 saturated carbocycles. The van der Waals surface area contributed by atoms with Crippen molar-refractivity contribution >= 4 is 18.2 Å². The number of rotatable bonds is 3. The summed E-state index contributed by atoms with van der Waals surface area (Å²) in [6, 6.07) is 19.7. The molecule has 0 aliphatic heterocycles. The number of hydrogen-bond donors (Lipinski definition) is 1. The summed E-state index contributed by atoms with van der Waals surface area (Å²) in [6.07, 6.45) is 0. The van der Waals surface area contributed by atoms with Crippen LogP contribution in [0.4, 0.5) is 0 Å². The Bertz CT molecular complexity index is 431. The van der Waals surface area contributed by atoms with Gasteiger partial charge in [-0.2, -0.15) is 4.67 Å². The summed E-state index contributed by atoms with van der Waals surface area (Å²) in [7, 11) is 1.44. The van der Waals surface area contributed by atoms with E-state index in [9.17, 15) is 4.89 Å². The lowest BCUT2D eigenvalue weighted by Gasteiger charge is -2.25. The zero-order valence-electron chi connectivity index (χ0n) is 10.1. The van der Waals surface area contributed by atoms with Gasteiger partial charge in [0, 0.05) is 14.1 Å². The quantitative estimate of drug-likeness (QED) is 0.838. The number of hydrogen-bond acceptors (Lipinski definition) is 2. The Morgan fingerprint density at radius 3 is 1.41 bits per heavy atom. The minimum absolute atomic E-state index is 0.983. The van der Waals surface area contributed by atoms with E-state index in [2.05, 4.69) is 0 Å². The van der Waals surface area contributed by atoms with Crippen molar-refractivity contribution in [3.05, 3.63) is 60.7 Å². The third kappa shape index (κ3) is 2.25. The molecule has 2 nitrogen and oxygen atoms in total. The van der Waals surface area contributed by atoms with Gasteiger partial charge in [-0.25, -0.2) is 4.89 Å². The van der Waals surface area contributed by atoms with Crippen LogP contribution in [0.3, 0.4) is 0 Å². The van der Waals surface area contributed by atoms with E-state index in [4.69, 9.17) is 0 Å². The highest BCUT2D eigenvalue weighted by Crippen LogP contribution is 2.53. The first-order chi connectivity index (χ1) is 8.15. The summed E-state index contributed by atoms with van der Waals surface area (Å²) >= 11 is 0. The zero-order valence-corrected chi connectivity index (χ0v) is 11.0. The molecule has 0 fully saturated rings. The summed E-state index contributed by atoms with van der Waals surface area (Å²) in [4.78, 5) is 11.1. The van der Waals surface area contributed by atoms with Crippen LogP contribution in [0.25, 0.3) is 0 Å². The second kappa shape index (κ2) is 4.97. The van der Waals surface area contributed by atoms with E-state index in [1.807, 2.05) is 79.4 Å². The molecule has 0 aliphatic rings. The van der Waals surface area contributed by atoms with E-state index in [0.717, 1.165) is 10.6 Å². The smallest absolute Gasteiger partial charge is 0.221 e. The van der Waals surface area contributed by atoms with Crippen molar-refractivity contribution in [3.8, 4) is 0 Å². The van der Waals surface area contributed by atoms with Crippen LogP contribution in [0, 0.1) is 0 Å². The Kier molecular flexibility index (Phi) is 3.58. The minimum atomic E-state index is -2.41. The highest BCUT2D eigenvalue weighted by molar-refractivity contribution is 7.82. The molecule has 0 saturated heterocycles. The van der Waals surface area contributed by atoms with Crippen LogP contribution in [-0.4, -0.2) is 23.7 Å². The van der Waals surface area contributed by atoms with Crippen LogP contribution in [0.5, 0.6) is 0 Å². The molecule has 0 unspecified atom stereocenters. The van der Waals surface area contributed by atoms with Crippen LogP contribution in [0.1, 0.15) is 0 Å². The van der Waals surface area contributed by atoms with Crippen molar-refractivity contribution in [2.75, 3.05) is 14.1 Å². The highest BCUT2D eigenvalue weighted by Gasteiger charge is 2.44. The summed E-state index contributed by atoms with van der Waals surface area (Å²) < 4.78 is 1.93. The molecule has 2 aromatic rings. The van der Waals surface area contributed by atoms with E-state index in [-0.39, 0.29) is 0 Å². The third-order valence-corrected chi connectivity index (χ3v) is 6.01. The SMILES string of the molecule is CN(C)[P+](O)(c1ccccc1)c1ccccc1. The van der Waals surface area contributed by atoms with Gasteiger partial charge in [0.05, 0.1) is 0 Å². The summed E-state index contributed by atoms with van der Waals surface area (Å²) in [5.74, 6) is 0. The molecule has 88 valence electrons. The largest absolute Gasteiger partial charge is 0.277 e. The van der Waals surface area contributed by atoms with Gasteiger partial charge in [-0.3, -0.25) is 0 Å². The second-order valence-electron chi connectivity index (χ2n) is 4.12. The first-order valence-corrected chi connectivity index (χ1v) is 7.26. The molecule has 0 aromatic heterocycles. The van der Waals surface area contributed by atoms with Crippen LogP contribution >= 0.6 is 7.64 Å². The maximum atomic E-state index is 11.1. The molecule has 0 amide bonds. The predicted octanol–water partition coefficient (Wildman–Crippen LogP) is 2.04. The minimum Gasteiger partial charge on any atom is -0.221 e. The van der Waals surface area contributed by atoms with Crippen LogP contribution in [0.15, 0.2) is 60.7 Å². The van der Waals surface area contributed by atoms with E-state index in [1.165, 1.54) is 0 Å². The van der Waals surface area contributed by atoms with Crippen molar-refractivity contribution in [2.45, 2.75) is 0 Å². The summed E-state index contributed by atoms with van der Waals surface area (Å²) in [5.41, 5.74) is 0.